The molecule has 0 saturated carbocycles. The lowest BCUT2D eigenvalue weighted by molar-refractivity contribution is -0.137. The smallest absolute Gasteiger partial charge is 0.395 e. The zero-order chi connectivity index (χ0) is 13.8. The number of hydrogen-bond acceptors (Lipinski definition) is 3. The molecule has 0 spiro atoms. The van der Waals surface area contributed by atoms with Crippen molar-refractivity contribution in [1.82, 2.24) is 5.32 Å². The fourth-order valence-electron chi connectivity index (χ4n) is 1.62. The molecule has 0 radical (unpaired) electrons. The fraction of sp³-hybridized carbons (Fsp3) is 0.500. The summed E-state index contributed by atoms with van der Waals surface area (Å²) in [6.45, 7) is 1.24. The zero-order valence-corrected chi connectivity index (χ0v) is 9.96. The molecule has 0 aromatic heterocycles. The molecule has 1 aromatic rings. The van der Waals surface area contributed by atoms with E-state index in [0.717, 1.165) is 12.1 Å². The van der Waals surface area contributed by atoms with Crippen LogP contribution >= 0.6 is 0 Å². The van der Waals surface area contributed by atoms with E-state index < -0.39 is 17.3 Å². The summed E-state index contributed by atoms with van der Waals surface area (Å²) in [6, 6.07) is 4.79. The van der Waals surface area contributed by atoms with E-state index in [4.69, 9.17) is 5.11 Å². The molecule has 1 aromatic carbocycles. The lowest BCUT2D eigenvalue weighted by Crippen LogP contribution is -2.44. The maximum absolute atomic E-state index is 12.6. The van der Waals surface area contributed by atoms with Crippen LogP contribution in [0.5, 0.6) is 0 Å². The van der Waals surface area contributed by atoms with Crippen molar-refractivity contribution in [2.24, 2.45) is 0 Å². The second-order valence-corrected chi connectivity index (χ2v) is 4.22. The van der Waals surface area contributed by atoms with Gasteiger partial charge in [0.1, 0.15) is 0 Å². The summed E-state index contributed by atoms with van der Waals surface area (Å²) >= 11 is 0. The number of aliphatic hydroxyl groups is 2. The van der Waals surface area contributed by atoms with Crippen molar-refractivity contribution in [2.75, 3.05) is 19.8 Å². The molecule has 1 rings (SSSR count). The van der Waals surface area contributed by atoms with Crippen LogP contribution < -0.4 is 5.32 Å². The van der Waals surface area contributed by atoms with Gasteiger partial charge in [-0.05, 0) is 24.6 Å². The molecule has 1 atom stereocenters. The molecule has 0 heterocycles. The summed E-state index contributed by atoms with van der Waals surface area (Å²) in [6.07, 6.45) is -4.41. The summed E-state index contributed by atoms with van der Waals surface area (Å²) in [7, 11) is 0. The number of hydrogen-bond donors (Lipinski definition) is 3. The highest BCUT2D eigenvalue weighted by Crippen LogP contribution is 2.31. The Bertz CT molecular complexity index is 395. The first-order valence-corrected chi connectivity index (χ1v) is 5.48. The lowest BCUT2D eigenvalue weighted by atomic mass is 9.91. The maximum atomic E-state index is 12.6. The highest BCUT2D eigenvalue weighted by Gasteiger charge is 2.33. The molecule has 0 aliphatic rings. The van der Waals surface area contributed by atoms with Gasteiger partial charge in [-0.25, -0.2) is 0 Å². The standard InChI is InChI=1S/C12H16F3NO2/c1-11(8-18,16-5-6-17)9-3-2-4-10(7-9)12(13,14)15/h2-4,7,16-18H,5-6,8H2,1H3. The van der Waals surface area contributed by atoms with Crippen LogP contribution in [0.1, 0.15) is 18.1 Å². The molecule has 3 N–H and O–H groups in total. The minimum Gasteiger partial charge on any atom is -0.395 e. The summed E-state index contributed by atoms with van der Waals surface area (Å²) in [5.74, 6) is 0. The van der Waals surface area contributed by atoms with Crippen LogP contribution in [0.4, 0.5) is 13.2 Å². The number of nitrogens with one attached hydrogen (secondary N) is 1. The second kappa shape index (κ2) is 5.69. The van der Waals surface area contributed by atoms with Crippen LogP contribution in [0.15, 0.2) is 24.3 Å². The van der Waals surface area contributed by atoms with Crippen LogP contribution in [0.3, 0.4) is 0 Å². The Labute approximate surface area is 103 Å². The van der Waals surface area contributed by atoms with E-state index in [1.54, 1.807) is 6.92 Å². The molecule has 6 heteroatoms. The van der Waals surface area contributed by atoms with Gasteiger partial charge in [0.15, 0.2) is 0 Å². The predicted molar refractivity (Wildman–Crippen MR) is 61.0 cm³/mol. The van der Waals surface area contributed by atoms with Crippen molar-refractivity contribution in [3.63, 3.8) is 0 Å². The SMILES string of the molecule is CC(CO)(NCCO)c1cccc(C(F)(F)F)c1. The third-order valence-corrected chi connectivity index (χ3v) is 2.77. The van der Waals surface area contributed by atoms with E-state index in [9.17, 15) is 18.3 Å². The van der Waals surface area contributed by atoms with Crippen LogP contribution in [-0.2, 0) is 11.7 Å². The topological polar surface area (TPSA) is 52.5 Å². The molecule has 1 unspecified atom stereocenters. The fourth-order valence-corrected chi connectivity index (χ4v) is 1.62. The number of benzene rings is 1. The van der Waals surface area contributed by atoms with Gasteiger partial charge in [0.25, 0.3) is 0 Å². The number of alkyl halides is 3. The first kappa shape index (κ1) is 14.9. The van der Waals surface area contributed by atoms with Crippen LogP contribution in [0.2, 0.25) is 0 Å². The Morgan fingerprint density at radius 3 is 2.28 bits per heavy atom. The molecule has 102 valence electrons. The van der Waals surface area contributed by atoms with Gasteiger partial charge in [0.05, 0.1) is 24.3 Å². The monoisotopic (exact) mass is 263 g/mol. The van der Waals surface area contributed by atoms with E-state index in [0.29, 0.717) is 5.56 Å². The van der Waals surface area contributed by atoms with E-state index in [1.165, 1.54) is 12.1 Å². The van der Waals surface area contributed by atoms with Gasteiger partial charge in [-0.15, -0.1) is 0 Å². The molecule has 0 saturated heterocycles. The van der Waals surface area contributed by atoms with Gasteiger partial charge in [0, 0.05) is 6.54 Å². The predicted octanol–water partition coefficient (Wildman–Crippen LogP) is 1.49. The minimum absolute atomic E-state index is 0.158. The minimum atomic E-state index is -4.41. The largest absolute Gasteiger partial charge is 0.416 e. The summed E-state index contributed by atoms with van der Waals surface area (Å²) in [5, 5.41) is 20.9. The maximum Gasteiger partial charge on any atom is 0.416 e. The van der Waals surface area contributed by atoms with Crippen LogP contribution in [0, 0.1) is 0 Å². The first-order chi connectivity index (χ1) is 8.33. The van der Waals surface area contributed by atoms with Gasteiger partial charge < -0.3 is 15.5 Å². The summed E-state index contributed by atoms with van der Waals surface area (Å²) in [5.41, 5.74) is -1.44. The van der Waals surface area contributed by atoms with Crippen LogP contribution in [-0.4, -0.2) is 30.0 Å². The molecule has 18 heavy (non-hydrogen) atoms. The Balaban J connectivity index is 3.07. The summed E-state index contributed by atoms with van der Waals surface area (Å²) < 4.78 is 37.8. The molecule has 0 aliphatic heterocycles. The average molecular weight is 263 g/mol. The molecule has 0 fully saturated rings. The van der Waals surface area contributed by atoms with E-state index >= 15 is 0 Å². The van der Waals surface area contributed by atoms with Crippen molar-refractivity contribution < 1.29 is 23.4 Å². The van der Waals surface area contributed by atoms with Crippen molar-refractivity contribution in [1.29, 1.82) is 0 Å². The Kier molecular flexibility index (Phi) is 4.72. The van der Waals surface area contributed by atoms with Gasteiger partial charge in [0.2, 0.25) is 0 Å². The van der Waals surface area contributed by atoms with Crippen molar-refractivity contribution in [2.45, 2.75) is 18.6 Å². The van der Waals surface area contributed by atoms with E-state index in [1.807, 2.05) is 0 Å². The Morgan fingerprint density at radius 1 is 1.17 bits per heavy atom. The highest BCUT2D eigenvalue weighted by atomic mass is 19.4. The number of aliphatic hydroxyl groups excluding tert-OH is 2. The zero-order valence-electron chi connectivity index (χ0n) is 9.96. The molecular formula is C12H16F3NO2. The molecule has 0 aliphatic carbocycles. The average Bonchev–Trinajstić information content (AvgIpc) is 2.35. The second-order valence-electron chi connectivity index (χ2n) is 4.22. The van der Waals surface area contributed by atoms with Crippen molar-refractivity contribution in [3.05, 3.63) is 35.4 Å². The van der Waals surface area contributed by atoms with Crippen LogP contribution in [0.25, 0.3) is 0 Å². The summed E-state index contributed by atoms with van der Waals surface area (Å²) in [4.78, 5) is 0. The lowest BCUT2D eigenvalue weighted by Gasteiger charge is -2.29. The number of halogens is 3. The number of rotatable bonds is 5. The van der Waals surface area contributed by atoms with Gasteiger partial charge >= 0.3 is 6.18 Å². The molecule has 3 nitrogen and oxygen atoms in total. The van der Waals surface area contributed by atoms with Gasteiger partial charge in [-0.2, -0.15) is 13.2 Å². The van der Waals surface area contributed by atoms with Gasteiger partial charge in [-0.1, -0.05) is 12.1 Å². The van der Waals surface area contributed by atoms with E-state index in [-0.39, 0.29) is 19.8 Å². The third-order valence-electron chi connectivity index (χ3n) is 2.77. The molecule has 0 amide bonds. The first-order valence-electron chi connectivity index (χ1n) is 5.48. The van der Waals surface area contributed by atoms with Crippen molar-refractivity contribution >= 4 is 0 Å². The Morgan fingerprint density at radius 2 is 1.78 bits per heavy atom. The van der Waals surface area contributed by atoms with Gasteiger partial charge in [-0.3, -0.25) is 0 Å². The molecule has 0 bridgehead atoms. The third kappa shape index (κ3) is 3.44. The quantitative estimate of drug-likeness (QED) is 0.754. The Hall–Kier alpha value is -1.11. The molecular weight excluding hydrogens is 247 g/mol. The highest BCUT2D eigenvalue weighted by molar-refractivity contribution is 5.31. The van der Waals surface area contributed by atoms with Crippen molar-refractivity contribution in [3.8, 4) is 0 Å². The normalized spacial score (nSPS) is 15.4. The van der Waals surface area contributed by atoms with E-state index in [2.05, 4.69) is 5.32 Å².